The minimum absolute atomic E-state index is 0. The first-order chi connectivity index (χ1) is 7.26. The van der Waals surface area contributed by atoms with Gasteiger partial charge in [0.25, 0.3) is 0 Å². The van der Waals surface area contributed by atoms with Crippen molar-refractivity contribution in [2.75, 3.05) is 45.8 Å². The van der Waals surface area contributed by atoms with Crippen LogP contribution in [-0.4, -0.2) is 55.2 Å². The third-order valence-electron chi connectivity index (χ3n) is 3.20. The van der Waals surface area contributed by atoms with E-state index in [1.807, 2.05) is 18.2 Å². The lowest BCUT2D eigenvalue weighted by Gasteiger charge is -2.43. The molecule has 0 atom stereocenters. The smallest absolute Gasteiger partial charge is 0.0974 e. The fraction of sp³-hybridized carbons (Fsp3) is 0.538. The zero-order chi connectivity index (χ0) is 11.1. The molecule has 0 amide bonds. The summed E-state index contributed by atoms with van der Waals surface area (Å²) in [6.07, 6.45) is 6.06. The zero-order valence-corrected chi connectivity index (χ0v) is 11.7. The first-order valence-electron chi connectivity index (χ1n) is 5.66. The topological polar surface area (TPSA) is 3.24 Å². The fourth-order valence-electron chi connectivity index (χ4n) is 2.28. The van der Waals surface area contributed by atoms with Gasteiger partial charge in [0.2, 0.25) is 0 Å². The Morgan fingerprint density at radius 1 is 0.938 bits per heavy atom. The molecule has 0 aromatic carbocycles. The molecule has 92 valence electrons. The van der Waals surface area contributed by atoms with E-state index >= 15 is 0 Å². The molecule has 0 radical (unpaired) electrons. The van der Waals surface area contributed by atoms with E-state index < -0.39 is 0 Å². The van der Waals surface area contributed by atoms with Gasteiger partial charge in [-0.2, -0.15) is 0 Å². The maximum absolute atomic E-state index is 3.86. The lowest BCUT2D eigenvalue weighted by Crippen LogP contribution is -3.00. The Bertz CT molecular complexity index is 218. The Kier molecular flexibility index (Phi) is 7.64. The van der Waals surface area contributed by atoms with E-state index in [9.17, 15) is 0 Å². The minimum atomic E-state index is 0. The lowest BCUT2D eigenvalue weighted by atomic mass is 10.2. The van der Waals surface area contributed by atoms with Gasteiger partial charge in [0.1, 0.15) is 0 Å². The molecule has 1 rings (SSSR count). The average molecular weight is 287 g/mol. The molecule has 0 unspecified atom stereocenters. The van der Waals surface area contributed by atoms with Crippen molar-refractivity contribution in [3.05, 3.63) is 38.0 Å². The normalized spacial score (nSPS) is 19.5. The van der Waals surface area contributed by atoms with Crippen LogP contribution in [0.1, 0.15) is 0 Å². The highest BCUT2D eigenvalue weighted by molar-refractivity contribution is 4.79. The van der Waals surface area contributed by atoms with Crippen LogP contribution in [0.2, 0.25) is 0 Å². The van der Waals surface area contributed by atoms with Gasteiger partial charge in [-0.15, -0.1) is 6.58 Å². The van der Waals surface area contributed by atoms with E-state index in [4.69, 9.17) is 0 Å². The minimum Gasteiger partial charge on any atom is -1.00 e. The Balaban J connectivity index is 0.00000225. The van der Waals surface area contributed by atoms with Crippen LogP contribution < -0.4 is 17.0 Å². The number of hydrogen-bond donors (Lipinski definition) is 0. The van der Waals surface area contributed by atoms with Crippen molar-refractivity contribution in [1.82, 2.24) is 4.90 Å². The van der Waals surface area contributed by atoms with E-state index in [-0.39, 0.29) is 17.0 Å². The molecule has 0 N–H and O–H groups in total. The van der Waals surface area contributed by atoms with E-state index in [0.29, 0.717) is 0 Å². The predicted molar refractivity (Wildman–Crippen MR) is 66.8 cm³/mol. The summed E-state index contributed by atoms with van der Waals surface area (Å²) in [5.41, 5.74) is 0. The maximum atomic E-state index is 3.86. The van der Waals surface area contributed by atoms with Crippen LogP contribution >= 0.6 is 0 Å². The molecule has 0 spiro atoms. The molecule has 1 aliphatic heterocycles. The molecule has 0 aromatic rings. The Labute approximate surface area is 110 Å². The van der Waals surface area contributed by atoms with Crippen molar-refractivity contribution in [1.29, 1.82) is 0 Å². The molecule has 1 fully saturated rings. The van der Waals surface area contributed by atoms with Gasteiger partial charge >= 0.3 is 0 Å². The molecule has 3 heteroatoms. The summed E-state index contributed by atoms with van der Waals surface area (Å²) in [6, 6.07) is 0. The SMILES string of the molecule is C=CCN1CC[N+](CC=C)(CC=C)CC1.[Br-]. The average Bonchev–Trinajstić information content (AvgIpc) is 2.23. The lowest BCUT2D eigenvalue weighted by molar-refractivity contribution is -0.921. The summed E-state index contributed by atoms with van der Waals surface area (Å²) in [6.45, 7) is 19.4. The molecule has 16 heavy (non-hydrogen) atoms. The molecular weight excluding hydrogens is 264 g/mol. The second-order valence-electron chi connectivity index (χ2n) is 4.32. The van der Waals surface area contributed by atoms with Crippen LogP contribution in [0.4, 0.5) is 0 Å². The van der Waals surface area contributed by atoms with E-state index in [1.54, 1.807) is 0 Å². The third kappa shape index (κ3) is 4.24. The van der Waals surface area contributed by atoms with Crippen molar-refractivity contribution < 1.29 is 21.5 Å². The largest absolute Gasteiger partial charge is 1.00 e. The maximum Gasteiger partial charge on any atom is 0.0974 e. The molecule has 0 bridgehead atoms. The van der Waals surface area contributed by atoms with Gasteiger partial charge in [-0.3, -0.25) is 4.90 Å². The number of nitrogens with zero attached hydrogens (tertiary/aromatic N) is 2. The fourth-order valence-corrected chi connectivity index (χ4v) is 2.28. The summed E-state index contributed by atoms with van der Waals surface area (Å²) in [5.74, 6) is 0. The van der Waals surface area contributed by atoms with Gasteiger partial charge in [0, 0.05) is 19.6 Å². The highest BCUT2D eigenvalue weighted by atomic mass is 79.9. The first-order valence-corrected chi connectivity index (χ1v) is 5.66. The number of piperazine rings is 1. The van der Waals surface area contributed by atoms with Gasteiger partial charge in [-0.05, 0) is 12.2 Å². The predicted octanol–water partition coefficient (Wildman–Crippen LogP) is -1.32. The van der Waals surface area contributed by atoms with Crippen molar-refractivity contribution in [3.63, 3.8) is 0 Å². The summed E-state index contributed by atoms with van der Waals surface area (Å²) < 4.78 is 1.13. The molecule has 0 saturated carbocycles. The zero-order valence-electron chi connectivity index (χ0n) is 10.1. The third-order valence-corrected chi connectivity index (χ3v) is 3.20. The molecule has 1 saturated heterocycles. The molecule has 2 nitrogen and oxygen atoms in total. The van der Waals surface area contributed by atoms with Crippen LogP contribution in [0.3, 0.4) is 0 Å². The summed E-state index contributed by atoms with van der Waals surface area (Å²) in [7, 11) is 0. The standard InChI is InChI=1S/C13H23N2.BrH/c1-4-7-14-8-12-15(10-5-2,11-6-3)13-9-14;/h4-6H,1-3,7-13H2;1H/q+1;/p-1. The van der Waals surface area contributed by atoms with E-state index in [2.05, 4.69) is 24.6 Å². The van der Waals surface area contributed by atoms with Gasteiger partial charge in [0.05, 0.1) is 26.2 Å². The van der Waals surface area contributed by atoms with Crippen molar-refractivity contribution >= 4 is 0 Å². The van der Waals surface area contributed by atoms with Crippen molar-refractivity contribution in [2.45, 2.75) is 0 Å². The molecule has 0 aliphatic carbocycles. The van der Waals surface area contributed by atoms with Crippen LogP contribution in [0, 0.1) is 0 Å². The van der Waals surface area contributed by atoms with Crippen molar-refractivity contribution in [2.24, 2.45) is 0 Å². The van der Waals surface area contributed by atoms with Crippen LogP contribution in [0.25, 0.3) is 0 Å². The van der Waals surface area contributed by atoms with Crippen LogP contribution in [-0.2, 0) is 0 Å². The first kappa shape index (κ1) is 15.6. The molecular formula is C13H23BrN2. The summed E-state index contributed by atoms with van der Waals surface area (Å²) in [5, 5.41) is 0. The van der Waals surface area contributed by atoms with Gasteiger partial charge in [-0.25, -0.2) is 0 Å². The second kappa shape index (κ2) is 7.82. The van der Waals surface area contributed by atoms with Gasteiger partial charge in [-0.1, -0.05) is 19.2 Å². The van der Waals surface area contributed by atoms with Crippen LogP contribution in [0.15, 0.2) is 38.0 Å². The summed E-state index contributed by atoms with van der Waals surface area (Å²) >= 11 is 0. The Hall–Kier alpha value is -0.380. The summed E-state index contributed by atoms with van der Waals surface area (Å²) in [4.78, 5) is 2.45. The molecule has 1 aliphatic rings. The van der Waals surface area contributed by atoms with E-state index in [1.165, 1.54) is 13.1 Å². The highest BCUT2D eigenvalue weighted by Crippen LogP contribution is 2.13. The Morgan fingerprint density at radius 2 is 1.44 bits per heavy atom. The van der Waals surface area contributed by atoms with Crippen molar-refractivity contribution in [3.8, 4) is 0 Å². The Morgan fingerprint density at radius 3 is 1.81 bits per heavy atom. The monoisotopic (exact) mass is 286 g/mol. The number of hydrogen-bond acceptors (Lipinski definition) is 1. The highest BCUT2D eigenvalue weighted by Gasteiger charge is 2.29. The molecule has 0 aromatic heterocycles. The number of halogens is 1. The number of quaternary nitrogens is 1. The van der Waals surface area contributed by atoms with E-state index in [0.717, 1.165) is 37.2 Å². The quantitative estimate of drug-likeness (QED) is 0.433. The second-order valence-corrected chi connectivity index (χ2v) is 4.32. The van der Waals surface area contributed by atoms with Gasteiger partial charge in [0.15, 0.2) is 0 Å². The molecule has 1 heterocycles. The van der Waals surface area contributed by atoms with Gasteiger partial charge < -0.3 is 21.5 Å². The number of rotatable bonds is 6. The van der Waals surface area contributed by atoms with Crippen LogP contribution in [0.5, 0.6) is 0 Å².